The van der Waals surface area contributed by atoms with Crippen LogP contribution in [0, 0.1) is 32.0 Å². The number of aromatic nitrogens is 3. The van der Waals surface area contributed by atoms with Crippen LogP contribution in [-0.2, 0) is 39.3 Å². The minimum Gasteiger partial charge on any atom is -0.509 e. The molecule has 0 saturated heterocycles. The van der Waals surface area contributed by atoms with Gasteiger partial charge in [-0.2, -0.15) is 41.0 Å². The molecule has 2 aromatic heterocycles. The first-order chi connectivity index (χ1) is 22.7. The Kier molecular flexibility index (Phi) is 9.24. The second-order valence-corrected chi connectivity index (χ2v) is 13.3. The smallest absolute Gasteiger partial charge is 0.0678 e. The quantitative estimate of drug-likeness (QED) is 0.150. The summed E-state index contributed by atoms with van der Waals surface area (Å²) in [6.45, 7) is 15.4. The van der Waals surface area contributed by atoms with Crippen molar-refractivity contribution in [1.82, 2.24) is 14.3 Å². The molecule has 0 aliphatic carbocycles. The van der Waals surface area contributed by atoms with E-state index in [4.69, 9.17) is 9.84 Å². The molecule has 0 N–H and O–H groups in total. The summed E-state index contributed by atoms with van der Waals surface area (Å²) in [5, 5.41) is 7.30. The number of fused-ring (bicyclic) bond motifs is 3. The van der Waals surface area contributed by atoms with E-state index in [1.165, 1.54) is 33.2 Å². The van der Waals surface area contributed by atoms with Gasteiger partial charge in [0, 0.05) is 49.3 Å². The maximum Gasteiger partial charge on any atom is 0.0678 e. The van der Waals surface area contributed by atoms with Gasteiger partial charge in [-0.05, 0) is 65.9 Å². The van der Waals surface area contributed by atoms with Gasteiger partial charge >= 0.3 is 0 Å². The minimum atomic E-state index is 0. The van der Waals surface area contributed by atoms with Crippen LogP contribution in [0.5, 0.6) is 11.5 Å². The molecule has 2 heterocycles. The summed E-state index contributed by atoms with van der Waals surface area (Å²) < 4.78 is 10.7. The van der Waals surface area contributed by atoms with Gasteiger partial charge < -0.3 is 9.30 Å². The van der Waals surface area contributed by atoms with Crippen molar-refractivity contribution < 1.29 is 25.8 Å². The van der Waals surface area contributed by atoms with Crippen molar-refractivity contribution in [3.63, 3.8) is 0 Å². The van der Waals surface area contributed by atoms with Crippen LogP contribution in [0.4, 0.5) is 0 Å². The molecule has 0 aliphatic heterocycles. The molecule has 4 nitrogen and oxygen atoms in total. The summed E-state index contributed by atoms with van der Waals surface area (Å²) in [6, 6.07) is 42.2. The number of aryl methyl sites for hydroxylation is 3. The van der Waals surface area contributed by atoms with Crippen LogP contribution >= 0.6 is 0 Å². The average molecular weight is 810 g/mol. The van der Waals surface area contributed by atoms with Crippen molar-refractivity contribution in [3.8, 4) is 34.0 Å². The molecule has 5 aromatic carbocycles. The molecule has 7 rings (SSSR count). The Morgan fingerprint density at radius 1 is 0.729 bits per heavy atom. The Labute approximate surface area is 298 Å². The van der Waals surface area contributed by atoms with Gasteiger partial charge in [0.15, 0.2) is 0 Å². The average Bonchev–Trinajstić information content (AvgIpc) is 3.56. The summed E-state index contributed by atoms with van der Waals surface area (Å²) in [4.78, 5) is 0. The van der Waals surface area contributed by atoms with E-state index < -0.39 is 0 Å². The zero-order chi connectivity index (χ0) is 32.9. The minimum absolute atomic E-state index is 0. The Balaban J connectivity index is 0.00000401. The van der Waals surface area contributed by atoms with Crippen LogP contribution in [-0.4, -0.2) is 14.3 Å². The molecule has 0 unspecified atom stereocenters. The van der Waals surface area contributed by atoms with Gasteiger partial charge in [-0.25, -0.2) is 0 Å². The number of hydrogen-bond donors (Lipinski definition) is 0. The normalized spacial score (nSPS) is 11.6. The Morgan fingerprint density at radius 2 is 1.44 bits per heavy atom. The summed E-state index contributed by atoms with van der Waals surface area (Å²) >= 11 is 0. The van der Waals surface area contributed by atoms with Crippen LogP contribution in [0.2, 0.25) is 0 Å². The van der Waals surface area contributed by atoms with Crippen molar-refractivity contribution in [2.45, 2.75) is 66.7 Å². The third kappa shape index (κ3) is 5.92. The standard InChI is InChI=1S/C43H40N3O.Pt/c1-8-30-15-12-16-31(9-2)42(30)41-28(3)44-46(29(41)4)34-19-14-20-35(26-34)47-36-23-24-38-37-21-10-11-22-39(37)45(40(38)27-36)33-18-13-17-32(25-33)43(5,6)7;/h10-17,19-25H,8-9H2,1-7H3;/q-3;. The number of nitrogens with zero attached hydrogens (tertiary/aromatic N) is 3. The molecule has 0 bridgehead atoms. The van der Waals surface area contributed by atoms with Gasteiger partial charge in [0.2, 0.25) is 0 Å². The fourth-order valence-electron chi connectivity index (χ4n) is 6.77. The van der Waals surface area contributed by atoms with E-state index in [0.29, 0.717) is 11.5 Å². The fraction of sp³-hybridized carbons (Fsp3) is 0.233. The molecule has 5 heteroatoms. The van der Waals surface area contributed by atoms with Crippen LogP contribution < -0.4 is 4.74 Å². The van der Waals surface area contributed by atoms with Crippen molar-refractivity contribution >= 4 is 21.8 Å². The van der Waals surface area contributed by atoms with E-state index in [1.807, 2.05) is 35.0 Å². The zero-order valence-electron chi connectivity index (χ0n) is 28.6. The molecule has 0 radical (unpaired) electrons. The van der Waals surface area contributed by atoms with Crippen molar-refractivity contribution in [3.05, 3.63) is 137 Å². The number of rotatable bonds is 7. The predicted octanol–water partition coefficient (Wildman–Crippen LogP) is 10.9. The molecule has 0 atom stereocenters. The number of para-hydroxylation sites is 1. The van der Waals surface area contributed by atoms with Crippen LogP contribution in [0.3, 0.4) is 0 Å². The SMILES string of the molecule is CCc1cccc(CC)c1-c1c(C)nn(-c2[c-]c(Oc3[c-]c4c(cc3)c3ccccc3n4-c3[c-]ccc(C(C)(C)C)c3)ccc2)c1C.[Pt]. The maximum absolute atomic E-state index is 6.47. The molecule has 246 valence electrons. The van der Waals surface area contributed by atoms with Crippen LogP contribution in [0.25, 0.3) is 44.3 Å². The molecule has 0 spiro atoms. The van der Waals surface area contributed by atoms with Gasteiger partial charge in [-0.15, -0.1) is 41.8 Å². The predicted molar refractivity (Wildman–Crippen MR) is 193 cm³/mol. The molecule has 0 aliphatic rings. The van der Waals surface area contributed by atoms with Crippen LogP contribution in [0.15, 0.2) is 91.0 Å². The van der Waals surface area contributed by atoms with Gasteiger partial charge in [0.25, 0.3) is 0 Å². The maximum atomic E-state index is 6.47. The van der Waals surface area contributed by atoms with Gasteiger partial charge in [-0.3, -0.25) is 4.68 Å². The number of benzene rings is 5. The van der Waals surface area contributed by atoms with E-state index in [-0.39, 0.29) is 26.5 Å². The molecule has 0 saturated carbocycles. The summed E-state index contributed by atoms with van der Waals surface area (Å²) in [5.41, 5.74) is 12.5. The third-order valence-corrected chi connectivity index (χ3v) is 9.19. The van der Waals surface area contributed by atoms with Crippen molar-refractivity contribution in [2.24, 2.45) is 0 Å². The Hall–Kier alpha value is -4.40. The first kappa shape index (κ1) is 33.5. The second kappa shape index (κ2) is 13.2. The van der Waals surface area contributed by atoms with Crippen molar-refractivity contribution in [1.29, 1.82) is 0 Å². The van der Waals surface area contributed by atoms with Crippen molar-refractivity contribution in [2.75, 3.05) is 0 Å². The molecule has 0 amide bonds. The topological polar surface area (TPSA) is 32.0 Å². The summed E-state index contributed by atoms with van der Waals surface area (Å²) in [7, 11) is 0. The Bertz CT molecular complexity index is 2240. The van der Waals surface area contributed by atoms with E-state index in [0.717, 1.165) is 52.0 Å². The number of hydrogen-bond acceptors (Lipinski definition) is 2. The van der Waals surface area contributed by atoms with E-state index in [9.17, 15) is 0 Å². The van der Waals surface area contributed by atoms with Gasteiger partial charge in [-0.1, -0.05) is 82.2 Å². The number of ether oxygens (including phenoxy) is 1. The van der Waals surface area contributed by atoms with Gasteiger partial charge in [0.1, 0.15) is 0 Å². The fourth-order valence-corrected chi connectivity index (χ4v) is 6.77. The molecular weight excluding hydrogens is 770 g/mol. The third-order valence-electron chi connectivity index (χ3n) is 9.19. The van der Waals surface area contributed by atoms with E-state index in [1.54, 1.807) is 0 Å². The van der Waals surface area contributed by atoms with E-state index in [2.05, 4.69) is 132 Å². The van der Waals surface area contributed by atoms with Crippen LogP contribution in [0.1, 0.15) is 62.7 Å². The first-order valence-corrected chi connectivity index (χ1v) is 16.5. The molecule has 48 heavy (non-hydrogen) atoms. The molecule has 0 fully saturated rings. The monoisotopic (exact) mass is 809 g/mol. The Morgan fingerprint density at radius 3 is 2.17 bits per heavy atom. The first-order valence-electron chi connectivity index (χ1n) is 16.5. The largest absolute Gasteiger partial charge is 0.509 e. The molecule has 7 aromatic rings. The second-order valence-electron chi connectivity index (χ2n) is 13.3. The van der Waals surface area contributed by atoms with E-state index >= 15 is 0 Å². The summed E-state index contributed by atoms with van der Waals surface area (Å²) in [5.74, 6) is 1.24. The summed E-state index contributed by atoms with van der Waals surface area (Å²) in [6.07, 6.45) is 1.95. The molecular formula is C43H40N3OPt-3. The zero-order valence-corrected chi connectivity index (χ0v) is 30.9. The van der Waals surface area contributed by atoms with Gasteiger partial charge in [0.05, 0.1) is 5.69 Å².